The first-order chi connectivity index (χ1) is 7.25. The minimum absolute atomic E-state index is 0.134. The van der Waals surface area contributed by atoms with Gasteiger partial charge in [0, 0.05) is 31.7 Å². The van der Waals surface area contributed by atoms with Gasteiger partial charge in [0.05, 0.1) is 0 Å². The predicted octanol–water partition coefficient (Wildman–Crippen LogP) is 0.932. The van der Waals surface area contributed by atoms with Crippen LogP contribution in [0.5, 0.6) is 0 Å². The van der Waals surface area contributed by atoms with Gasteiger partial charge in [0.15, 0.2) is 0 Å². The van der Waals surface area contributed by atoms with Crippen LogP contribution in [0.3, 0.4) is 0 Å². The second-order valence-electron chi connectivity index (χ2n) is 4.73. The van der Waals surface area contributed by atoms with Gasteiger partial charge in [-0.05, 0) is 19.8 Å². The number of carbonyl (C=O) groups excluding carboxylic acids is 1. The molecule has 0 spiro atoms. The van der Waals surface area contributed by atoms with Gasteiger partial charge < -0.3 is 15.5 Å². The maximum absolute atomic E-state index is 11.9. The van der Waals surface area contributed by atoms with Crippen molar-refractivity contribution in [2.45, 2.75) is 44.7 Å². The SMILES string of the molecule is C[C@@H]1CN(C(=O)NC2CCCC2)CCN1. The van der Waals surface area contributed by atoms with E-state index in [9.17, 15) is 4.79 Å². The van der Waals surface area contributed by atoms with Crippen molar-refractivity contribution in [1.82, 2.24) is 15.5 Å². The lowest BCUT2D eigenvalue weighted by Crippen LogP contribution is -2.55. The molecule has 1 aliphatic carbocycles. The zero-order chi connectivity index (χ0) is 10.7. The van der Waals surface area contributed by atoms with E-state index in [0.717, 1.165) is 32.5 Å². The van der Waals surface area contributed by atoms with Gasteiger partial charge in [0.25, 0.3) is 0 Å². The Hall–Kier alpha value is -0.770. The summed E-state index contributed by atoms with van der Waals surface area (Å²) in [5.41, 5.74) is 0. The minimum atomic E-state index is 0.134. The molecule has 0 unspecified atom stereocenters. The third-order valence-corrected chi connectivity index (χ3v) is 3.34. The lowest BCUT2D eigenvalue weighted by atomic mass is 10.2. The van der Waals surface area contributed by atoms with Gasteiger partial charge in [-0.1, -0.05) is 12.8 Å². The molecule has 1 atom stereocenters. The molecule has 15 heavy (non-hydrogen) atoms. The number of hydrogen-bond acceptors (Lipinski definition) is 2. The van der Waals surface area contributed by atoms with Crippen molar-refractivity contribution in [2.24, 2.45) is 0 Å². The molecule has 1 heterocycles. The first-order valence-electron chi connectivity index (χ1n) is 6.04. The predicted molar refractivity (Wildman–Crippen MR) is 59.8 cm³/mol. The second kappa shape index (κ2) is 4.84. The summed E-state index contributed by atoms with van der Waals surface area (Å²) in [4.78, 5) is 13.8. The smallest absolute Gasteiger partial charge is 0.317 e. The first kappa shape index (κ1) is 10.7. The molecule has 1 saturated heterocycles. The van der Waals surface area contributed by atoms with Gasteiger partial charge in [-0.3, -0.25) is 0 Å². The molecular weight excluding hydrogens is 190 g/mol. The van der Waals surface area contributed by atoms with Crippen LogP contribution < -0.4 is 10.6 Å². The molecule has 2 fully saturated rings. The van der Waals surface area contributed by atoms with Crippen LogP contribution in [0.4, 0.5) is 4.79 Å². The summed E-state index contributed by atoms with van der Waals surface area (Å²) < 4.78 is 0. The average molecular weight is 211 g/mol. The van der Waals surface area contributed by atoms with Crippen LogP contribution in [0.1, 0.15) is 32.6 Å². The number of nitrogens with one attached hydrogen (secondary N) is 2. The van der Waals surface area contributed by atoms with Crippen LogP contribution in [0.15, 0.2) is 0 Å². The van der Waals surface area contributed by atoms with Gasteiger partial charge in [-0.2, -0.15) is 0 Å². The molecule has 0 aromatic heterocycles. The molecule has 86 valence electrons. The quantitative estimate of drug-likeness (QED) is 0.678. The van der Waals surface area contributed by atoms with Crippen LogP contribution in [-0.2, 0) is 0 Å². The van der Waals surface area contributed by atoms with E-state index in [1.165, 1.54) is 12.8 Å². The van der Waals surface area contributed by atoms with Crippen molar-refractivity contribution in [1.29, 1.82) is 0 Å². The number of urea groups is 1. The molecule has 0 radical (unpaired) electrons. The molecule has 2 aliphatic rings. The highest BCUT2D eigenvalue weighted by atomic mass is 16.2. The normalized spacial score (nSPS) is 28.1. The third kappa shape index (κ3) is 2.84. The molecule has 2 amide bonds. The van der Waals surface area contributed by atoms with Crippen LogP contribution in [-0.4, -0.2) is 42.6 Å². The van der Waals surface area contributed by atoms with E-state index >= 15 is 0 Å². The summed E-state index contributed by atoms with van der Waals surface area (Å²) in [7, 11) is 0. The highest BCUT2D eigenvalue weighted by Crippen LogP contribution is 2.17. The molecule has 0 aromatic rings. The standard InChI is InChI=1S/C11H21N3O/c1-9-8-14(7-6-12-9)11(15)13-10-4-2-3-5-10/h9-10,12H,2-8H2,1H3,(H,13,15)/t9-/m1/s1. The maximum atomic E-state index is 11.9. The van der Waals surface area contributed by atoms with E-state index < -0.39 is 0 Å². The Balaban J connectivity index is 1.78. The van der Waals surface area contributed by atoms with Crippen molar-refractivity contribution in [3.63, 3.8) is 0 Å². The summed E-state index contributed by atoms with van der Waals surface area (Å²) >= 11 is 0. The fraction of sp³-hybridized carbons (Fsp3) is 0.909. The highest BCUT2D eigenvalue weighted by molar-refractivity contribution is 5.74. The monoisotopic (exact) mass is 211 g/mol. The van der Waals surface area contributed by atoms with Gasteiger partial charge in [-0.15, -0.1) is 0 Å². The Morgan fingerprint density at radius 3 is 2.80 bits per heavy atom. The number of nitrogens with zero attached hydrogens (tertiary/aromatic N) is 1. The number of piperazine rings is 1. The van der Waals surface area contributed by atoms with E-state index in [1.54, 1.807) is 0 Å². The summed E-state index contributed by atoms with van der Waals surface area (Å²) in [5, 5.41) is 6.47. The van der Waals surface area contributed by atoms with Crippen LogP contribution in [0.2, 0.25) is 0 Å². The summed E-state index contributed by atoms with van der Waals surface area (Å²) in [6.07, 6.45) is 4.85. The number of carbonyl (C=O) groups is 1. The van der Waals surface area contributed by atoms with Gasteiger partial charge in [0.1, 0.15) is 0 Å². The van der Waals surface area contributed by atoms with Crippen LogP contribution >= 0.6 is 0 Å². The van der Waals surface area contributed by atoms with E-state index in [-0.39, 0.29) is 6.03 Å². The Kier molecular flexibility index (Phi) is 3.46. The van der Waals surface area contributed by atoms with E-state index in [2.05, 4.69) is 17.6 Å². The second-order valence-corrected chi connectivity index (χ2v) is 4.73. The fourth-order valence-electron chi connectivity index (χ4n) is 2.45. The molecule has 4 nitrogen and oxygen atoms in total. The molecule has 0 aromatic carbocycles. The summed E-state index contributed by atoms with van der Waals surface area (Å²) in [6, 6.07) is 0.992. The van der Waals surface area contributed by atoms with Crippen molar-refractivity contribution in [3.8, 4) is 0 Å². The van der Waals surface area contributed by atoms with Crippen molar-refractivity contribution in [3.05, 3.63) is 0 Å². The largest absolute Gasteiger partial charge is 0.335 e. The van der Waals surface area contributed by atoms with Crippen molar-refractivity contribution in [2.75, 3.05) is 19.6 Å². The van der Waals surface area contributed by atoms with Gasteiger partial charge in [-0.25, -0.2) is 4.79 Å². The summed E-state index contributed by atoms with van der Waals surface area (Å²) in [5.74, 6) is 0. The Bertz CT molecular complexity index is 226. The van der Waals surface area contributed by atoms with E-state index in [0.29, 0.717) is 12.1 Å². The molecule has 2 rings (SSSR count). The van der Waals surface area contributed by atoms with Gasteiger partial charge >= 0.3 is 6.03 Å². The molecule has 2 N–H and O–H groups in total. The van der Waals surface area contributed by atoms with E-state index in [4.69, 9.17) is 0 Å². The number of rotatable bonds is 1. The maximum Gasteiger partial charge on any atom is 0.317 e. The van der Waals surface area contributed by atoms with Crippen molar-refractivity contribution < 1.29 is 4.79 Å². The van der Waals surface area contributed by atoms with Crippen molar-refractivity contribution >= 4 is 6.03 Å². The lowest BCUT2D eigenvalue weighted by Gasteiger charge is -2.32. The number of amides is 2. The lowest BCUT2D eigenvalue weighted by molar-refractivity contribution is 0.176. The van der Waals surface area contributed by atoms with Crippen LogP contribution in [0.25, 0.3) is 0 Å². The molecule has 1 saturated carbocycles. The Morgan fingerprint density at radius 2 is 2.13 bits per heavy atom. The van der Waals surface area contributed by atoms with Gasteiger partial charge in [0.2, 0.25) is 0 Å². The van der Waals surface area contributed by atoms with E-state index in [1.807, 2.05) is 4.90 Å². The fourth-order valence-corrected chi connectivity index (χ4v) is 2.45. The zero-order valence-electron chi connectivity index (χ0n) is 9.46. The number of hydrogen-bond donors (Lipinski definition) is 2. The average Bonchev–Trinajstić information content (AvgIpc) is 2.70. The Labute approximate surface area is 91.4 Å². The zero-order valence-corrected chi connectivity index (χ0v) is 9.46. The molecule has 0 bridgehead atoms. The van der Waals surface area contributed by atoms with Crippen LogP contribution in [0, 0.1) is 0 Å². The molecule has 4 heteroatoms. The first-order valence-corrected chi connectivity index (χ1v) is 6.04. The molecular formula is C11H21N3O. The minimum Gasteiger partial charge on any atom is -0.335 e. The topological polar surface area (TPSA) is 44.4 Å². The Morgan fingerprint density at radius 1 is 1.40 bits per heavy atom. The summed E-state index contributed by atoms with van der Waals surface area (Å²) in [6.45, 7) is 4.70. The molecule has 1 aliphatic heterocycles. The third-order valence-electron chi connectivity index (χ3n) is 3.34. The highest BCUT2D eigenvalue weighted by Gasteiger charge is 2.23.